The molecule has 2 N–H and O–H groups in total. The maximum atomic E-state index is 12.7. The zero-order chi connectivity index (χ0) is 19.9. The summed E-state index contributed by atoms with van der Waals surface area (Å²) < 4.78 is 32.7. The number of carboxylic acids is 1. The van der Waals surface area contributed by atoms with E-state index < -0.39 is 27.9 Å². The fraction of sp³-hybridized carbons (Fsp3) is 0.529. The number of ether oxygens (including phenoxy) is 1. The first-order valence-corrected chi connectivity index (χ1v) is 9.77. The molecule has 1 unspecified atom stereocenters. The van der Waals surface area contributed by atoms with E-state index in [2.05, 4.69) is 4.72 Å². The maximum Gasteiger partial charge on any atom is 0.305 e. The van der Waals surface area contributed by atoms with E-state index in [1.54, 1.807) is 20.8 Å². The van der Waals surface area contributed by atoms with Crippen LogP contribution in [0.5, 0.6) is 5.75 Å². The van der Waals surface area contributed by atoms with Gasteiger partial charge in [-0.1, -0.05) is 13.8 Å². The van der Waals surface area contributed by atoms with Crippen molar-refractivity contribution in [3.63, 3.8) is 0 Å². The van der Waals surface area contributed by atoms with Crippen LogP contribution in [0, 0.1) is 5.92 Å². The van der Waals surface area contributed by atoms with E-state index in [-0.39, 0.29) is 23.8 Å². The quantitative estimate of drug-likeness (QED) is 0.627. The highest BCUT2D eigenvalue weighted by atomic mass is 32.2. The van der Waals surface area contributed by atoms with Gasteiger partial charge in [0, 0.05) is 13.1 Å². The van der Waals surface area contributed by atoms with Crippen molar-refractivity contribution in [2.75, 3.05) is 20.2 Å². The van der Waals surface area contributed by atoms with Gasteiger partial charge in [-0.25, -0.2) is 8.42 Å². The second-order valence-electron chi connectivity index (χ2n) is 6.08. The predicted molar refractivity (Wildman–Crippen MR) is 96.4 cm³/mol. The summed E-state index contributed by atoms with van der Waals surface area (Å²) in [6.45, 7) is 5.49. The molecule has 0 saturated carbocycles. The minimum absolute atomic E-state index is 0.0188. The number of hydrogen-bond acceptors (Lipinski definition) is 5. The number of aliphatic carboxylic acids is 1. The average Bonchev–Trinajstić information content (AvgIpc) is 2.59. The first kappa shape index (κ1) is 21.9. The van der Waals surface area contributed by atoms with Crippen LogP contribution in [0.25, 0.3) is 0 Å². The average molecular weight is 386 g/mol. The summed E-state index contributed by atoms with van der Waals surface area (Å²) in [5.41, 5.74) is 0. The number of methoxy groups -OCH3 is 1. The SMILES string of the molecule is CCN(CCC(=O)O)C(=O)C(NS(=O)(=O)c1ccc(OC)cc1)C(C)C. The molecule has 1 rings (SSSR count). The van der Waals surface area contributed by atoms with E-state index in [9.17, 15) is 18.0 Å². The van der Waals surface area contributed by atoms with E-state index in [1.165, 1.54) is 36.3 Å². The molecule has 1 aromatic rings. The summed E-state index contributed by atoms with van der Waals surface area (Å²) in [4.78, 5) is 24.8. The lowest BCUT2D eigenvalue weighted by Gasteiger charge is -2.28. The number of likely N-dealkylation sites (N-methyl/N-ethyl adjacent to an activating group) is 1. The second-order valence-corrected chi connectivity index (χ2v) is 7.79. The largest absolute Gasteiger partial charge is 0.497 e. The van der Waals surface area contributed by atoms with Crippen LogP contribution in [0.15, 0.2) is 29.2 Å². The Bertz CT molecular complexity index is 715. The molecule has 0 spiro atoms. The Hall–Kier alpha value is -2.13. The molecule has 9 heteroatoms. The summed E-state index contributed by atoms with van der Waals surface area (Å²) in [5, 5.41) is 8.81. The van der Waals surface area contributed by atoms with E-state index in [4.69, 9.17) is 9.84 Å². The normalized spacial score (nSPS) is 12.7. The predicted octanol–water partition coefficient (Wildman–Crippen LogP) is 1.32. The highest BCUT2D eigenvalue weighted by Gasteiger charge is 2.31. The highest BCUT2D eigenvalue weighted by molar-refractivity contribution is 7.89. The molecule has 0 heterocycles. The van der Waals surface area contributed by atoms with E-state index in [1.807, 2.05) is 0 Å². The number of carboxylic acid groups (broad SMARTS) is 1. The van der Waals surface area contributed by atoms with Crippen molar-refractivity contribution in [3.05, 3.63) is 24.3 Å². The van der Waals surface area contributed by atoms with Gasteiger partial charge in [0.2, 0.25) is 15.9 Å². The molecule has 1 atom stereocenters. The van der Waals surface area contributed by atoms with Gasteiger partial charge in [0.05, 0.1) is 18.4 Å². The Morgan fingerprint density at radius 2 is 1.81 bits per heavy atom. The van der Waals surface area contributed by atoms with Gasteiger partial charge in [0.25, 0.3) is 0 Å². The van der Waals surface area contributed by atoms with Crippen molar-refractivity contribution in [2.24, 2.45) is 5.92 Å². The second kappa shape index (κ2) is 9.54. The molecule has 1 aromatic carbocycles. The van der Waals surface area contributed by atoms with Crippen LogP contribution >= 0.6 is 0 Å². The molecule has 0 aliphatic rings. The zero-order valence-corrected chi connectivity index (χ0v) is 16.2. The third-order valence-corrected chi connectivity index (χ3v) is 5.33. The fourth-order valence-electron chi connectivity index (χ4n) is 2.31. The molecular weight excluding hydrogens is 360 g/mol. The van der Waals surface area contributed by atoms with Gasteiger partial charge in [-0.2, -0.15) is 4.72 Å². The van der Waals surface area contributed by atoms with Crippen LogP contribution in [-0.2, 0) is 19.6 Å². The monoisotopic (exact) mass is 386 g/mol. The molecule has 0 bridgehead atoms. The van der Waals surface area contributed by atoms with Crippen LogP contribution in [-0.4, -0.2) is 56.5 Å². The lowest BCUT2D eigenvalue weighted by molar-refractivity contribution is -0.139. The van der Waals surface area contributed by atoms with Gasteiger partial charge < -0.3 is 14.7 Å². The standard InChI is InChI=1S/C17H26N2O6S/c1-5-19(11-10-15(20)21)17(22)16(12(2)3)18-26(23,24)14-8-6-13(25-4)7-9-14/h6-9,12,16,18H,5,10-11H2,1-4H3,(H,20,21). The number of rotatable bonds is 10. The van der Waals surface area contributed by atoms with E-state index in [0.717, 1.165) is 0 Å². The minimum atomic E-state index is -3.92. The molecule has 1 amide bonds. The minimum Gasteiger partial charge on any atom is -0.497 e. The molecule has 26 heavy (non-hydrogen) atoms. The number of amides is 1. The number of carbonyl (C=O) groups excluding carboxylic acids is 1. The number of nitrogens with one attached hydrogen (secondary N) is 1. The number of sulfonamides is 1. The van der Waals surface area contributed by atoms with Crippen LogP contribution in [0.3, 0.4) is 0 Å². The number of nitrogens with zero attached hydrogens (tertiary/aromatic N) is 1. The van der Waals surface area contributed by atoms with Gasteiger partial charge >= 0.3 is 5.97 Å². The van der Waals surface area contributed by atoms with Crippen molar-refractivity contribution in [1.82, 2.24) is 9.62 Å². The molecule has 0 fully saturated rings. The molecule has 0 radical (unpaired) electrons. The van der Waals surface area contributed by atoms with Gasteiger partial charge in [-0.3, -0.25) is 9.59 Å². The summed E-state index contributed by atoms with van der Waals surface area (Å²) in [6, 6.07) is 4.84. The first-order valence-electron chi connectivity index (χ1n) is 8.29. The summed E-state index contributed by atoms with van der Waals surface area (Å²) in [5.74, 6) is -1.25. The van der Waals surface area contributed by atoms with Gasteiger partial charge in [-0.15, -0.1) is 0 Å². The Labute approximate surface area is 154 Å². The van der Waals surface area contributed by atoms with Crippen LogP contribution in [0.1, 0.15) is 27.2 Å². The molecule has 8 nitrogen and oxygen atoms in total. The van der Waals surface area contributed by atoms with Gasteiger partial charge in [-0.05, 0) is 37.1 Å². The molecule has 0 aliphatic carbocycles. The fourth-order valence-corrected chi connectivity index (χ4v) is 3.65. The summed E-state index contributed by atoms with van der Waals surface area (Å²) in [7, 11) is -2.44. The third-order valence-electron chi connectivity index (χ3n) is 3.87. The topological polar surface area (TPSA) is 113 Å². The van der Waals surface area contributed by atoms with Crippen LogP contribution < -0.4 is 9.46 Å². The Morgan fingerprint density at radius 3 is 2.23 bits per heavy atom. The summed E-state index contributed by atoms with van der Waals surface area (Å²) >= 11 is 0. The van der Waals surface area contributed by atoms with Crippen molar-refractivity contribution >= 4 is 21.9 Å². The van der Waals surface area contributed by atoms with Gasteiger partial charge in [0.1, 0.15) is 11.8 Å². The van der Waals surface area contributed by atoms with E-state index >= 15 is 0 Å². The van der Waals surface area contributed by atoms with Crippen molar-refractivity contribution in [3.8, 4) is 5.75 Å². The Kier molecular flexibility index (Phi) is 8.04. The van der Waals surface area contributed by atoms with Crippen LogP contribution in [0.2, 0.25) is 0 Å². The number of carbonyl (C=O) groups is 2. The van der Waals surface area contributed by atoms with Crippen molar-refractivity contribution < 1.29 is 27.9 Å². The zero-order valence-electron chi connectivity index (χ0n) is 15.4. The molecule has 146 valence electrons. The third kappa shape index (κ3) is 5.99. The highest BCUT2D eigenvalue weighted by Crippen LogP contribution is 2.17. The van der Waals surface area contributed by atoms with Gasteiger partial charge in [0.15, 0.2) is 0 Å². The number of benzene rings is 1. The lowest BCUT2D eigenvalue weighted by Crippen LogP contribution is -2.51. The van der Waals surface area contributed by atoms with Crippen molar-refractivity contribution in [2.45, 2.75) is 38.1 Å². The van der Waals surface area contributed by atoms with Crippen molar-refractivity contribution in [1.29, 1.82) is 0 Å². The molecule has 0 saturated heterocycles. The van der Waals surface area contributed by atoms with Crippen LogP contribution in [0.4, 0.5) is 0 Å². The Morgan fingerprint density at radius 1 is 1.23 bits per heavy atom. The molecular formula is C17H26N2O6S. The maximum absolute atomic E-state index is 12.7. The van der Waals surface area contributed by atoms with E-state index in [0.29, 0.717) is 12.3 Å². The molecule has 0 aromatic heterocycles. The summed E-state index contributed by atoms with van der Waals surface area (Å²) in [6.07, 6.45) is -0.199. The smallest absolute Gasteiger partial charge is 0.305 e. The molecule has 0 aliphatic heterocycles. The number of hydrogen-bond donors (Lipinski definition) is 2. The first-order chi connectivity index (χ1) is 12.1. The Balaban J connectivity index is 3.00. The lowest BCUT2D eigenvalue weighted by atomic mass is 10.0.